The van der Waals surface area contributed by atoms with Crippen molar-refractivity contribution in [3.63, 3.8) is 0 Å². The number of halogens is 2. The third kappa shape index (κ3) is 6.75. The minimum Gasteiger partial charge on any atom is -0.497 e. The van der Waals surface area contributed by atoms with Crippen LogP contribution in [-0.4, -0.2) is 52.0 Å². The Kier molecular flexibility index (Phi) is 8.64. The van der Waals surface area contributed by atoms with Crippen LogP contribution >= 0.6 is 23.2 Å². The van der Waals surface area contributed by atoms with Crippen molar-refractivity contribution in [3.05, 3.63) is 58.1 Å². The summed E-state index contributed by atoms with van der Waals surface area (Å²) >= 11 is 11.9. The van der Waals surface area contributed by atoms with Gasteiger partial charge in [-0.2, -0.15) is 0 Å². The van der Waals surface area contributed by atoms with E-state index in [1.807, 2.05) is 0 Å². The van der Waals surface area contributed by atoms with Crippen LogP contribution in [0.15, 0.2) is 42.5 Å². The van der Waals surface area contributed by atoms with Gasteiger partial charge in [-0.3, -0.25) is 4.79 Å². The van der Waals surface area contributed by atoms with Gasteiger partial charge in [0.1, 0.15) is 18.1 Å². The van der Waals surface area contributed by atoms with Gasteiger partial charge >= 0.3 is 0 Å². The lowest BCUT2D eigenvalue weighted by molar-refractivity contribution is -0.126. The topological polar surface area (TPSA) is 84.9 Å². The third-order valence-electron chi connectivity index (χ3n) is 5.21. The summed E-state index contributed by atoms with van der Waals surface area (Å²) in [7, 11) is -1.99. The third-order valence-corrected chi connectivity index (χ3v) is 7.77. The average Bonchev–Trinajstić information content (AvgIpc) is 2.79. The number of methoxy groups -OCH3 is 1. The molecule has 2 aromatic carbocycles. The number of hydrogen-bond acceptors (Lipinski definition) is 5. The number of hydrogen-bond donors (Lipinski definition) is 1. The smallest absolute Gasteiger partial charge is 0.224 e. The Labute approximate surface area is 198 Å². The second-order valence-electron chi connectivity index (χ2n) is 7.52. The number of ether oxygens (including phenoxy) is 2. The number of carbonyl (C=O) groups is 1. The lowest BCUT2D eigenvalue weighted by Crippen LogP contribution is -2.46. The van der Waals surface area contributed by atoms with Crippen LogP contribution in [0.4, 0.5) is 0 Å². The van der Waals surface area contributed by atoms with E-state index in [1.165, 1.54) is 4.31 Å². The fourth-order valence-electron chi connectivity index (χ4n) is 3.50. The molecule has 0 bridgehead atoms. The fraction of sp³-hybridized carbons (Fsp3) is 0.409. The molecule has 1 atom stereocenters. The molecule has 0 saturated carbocycles. The summed E-state index contributed by atoms with van der Waals surface area (Å²) in [4.78, 5) is 12.6. The predicted molar refractivity (Wildman–Crippen MR) is 125 cm³/mol. The number of benzene rings is 2. The second-order valence-corrected chi connectivity index (χ2v) is 10.3. The standard InChI is InChI=1S/C22H26Cl2N2O5S/c1-30-18-5-7-19(8-6-18)31-12-10-25-22(27)17-3-2-11-26(14-17)32(28,29)15-16-4-9-20(23)21(24)13-16/h4-9,13,17H,2-3,10-12,14-15H2,1H3,(H,25,27). The first-order chi connectivity index (χ1) is 15.3. The van der Waals surface area contributed by atoms with E-state index in [1.54, 1.807) is 49.6 Å². The maximum absolute atomic E-state index is 12.9. The molecule has 2 aromatic rings. The van der Waals surface area contributed by atoms with Gasteiger partial charge in [-0.1, -0.05) is 29.3 Å². The molecule has 1 unspecified atom stereocenters. The van der Waals surface area contributed by atoms with Crippen molar-refractivity contribution in [1.82, 2.24) is 9.62 Å². The van der Waals surface area contributed by atoms with E-state index >= 15 is 0 Å². The summed E-state index contributed by atoms with van der Waals surface area (Å²) in [5.74, 6) is 0.665. The van der Waals surface area contributed by atoms with E-state index in [2.05, 4.69) is 5.32 Å². The van der Waals surface area contributed by atoms with Gasteiger partial charge in [0.25, 0.3) is 0 Å². The van der Waals surface area contributed by atoms with Crippen LogP contribution in [0.2, 0.25) is 10.0 Å². The molecule has 1 aliphatic rings. The Bertz CT molecular complexity index is 1030. The van der Waals surface area contributed by atoms with Gasteiger partial charge in [0, 0.05) is 13.1 Å². The highest BCUT2D eigenvalue weighted by Gasteiger charge is 2.32. The zero-order valence-electron chi connectivity index (χ0n) is 17.7. The van der Waals surface area contributed by atoms with Crippen molar-refractivity contribution >= 4 is 39.1 Å². The van der Waals surface area contributed by atoms with Crippen molar-refractivity contribution in [2.24, 2.45) is 5.92 Å². The van der Waals surface area contributed by atoms with Crippen molar-refractivity contribution in [1.29, 1.82) is 0 Å². The van der Waals surface area contributed by atoms with E-state index in [0.717, 1.165) is 5.75 Å². The molecule has 1 fully saturated rings. The SMILES string of the molecule is COc1ccc(OCCNC(=O)C2CCCN(S(=O)(=O)Cc3ccc(Cl)c(Cl)c3)C2)cc1. The Morgan fingerprint density at radius 1 is 1.12 bits per heavy atom. The van der Waals surface area contributed by atoms with E-state index < -0.39 is 15.9 Å². The van der Waals surface area contributed by atoms with E-state index in [0.29, 0.717) is 53.9 Å². The normalized spacial score (nSPS) is 17.0. The lowest BCUT2D eigenvalue weighted by atomic mass is 9.99. The zero-order valence-corrected chi connectivity index (χ0v) is 20.0. The largest absolute Gasteiger partial charge is 0.497 e. The summed E-state index contributed by atoms with van der Waals surface area (Å²) < 4.78 is 37.8. The van der Waals surface area contributed by atoms with Crippen molar-refractivity contribution in [2.45, 2.75) is 18.6 Å². The molecule has 1 amide bonds. The molecular formula is C22H26Cl2N2O5S. The van der Waals surface area contributed by atoms with Gasteiger partial charge in [0.15, 0.2) is 0 Å². The van der Waals surface area contributed by atoms with Crippen LogP contribution < -0.4 is 14.8 Å². The number of amides is 1. The van der Waals surface area contributed by atoms with Gasteiger partial charge in [0.2, 0.25) is 15.9 Å². The molecule has 10 heteroatoms. The Morgan fingerprint density at radius 3 is 2.53 bits per heavy atom. The van der Waals surface area contributed by atoms with Crippen LogP contribution in [0.3, 0.4) is 0 Å². The molecule has 7 nitrogen and oxygen atoms in total. The maximum Gasteiger partial charge on any atom is 0.224 e. The van der Waals surface area contributed by atoms with Gasteiger partial charge in [0.05, 0.1) is 35.4 Å². The van der Waals surface area contributed by atoms with Gasteiger partial charge < -0.3 is 14.8 Å². The zero-order chi connectivity index (χ0) is 23.1. The highest BCUT2D eigenvalue weighted by molar-refractivity contribution is 7.88. The molecule has 0 aliphatic carbocycles. The van der Waals surface area contributed by atoms with E-state index in [9.17, 15) is 13.2 Å². The minimum absolute atomic E-state index is 0.162. The molecule has 0 radical (unpaired) electrons. The highest BCUT2D eigenvalue weighted by Crippen LogP contribution is 2.26. The molecule has 1 N–H and O–H groups in total. The van der Waals surface area contributed by atoms with Crippen LogP contribution in [0.1, 0.15) is 18.4 Å². The molecule has 3 rings (SSSR count). The molecular weight excluding hydrogens is 475 g/mol. The highest BCUT2D eigenvalue weighted by atomic mass is 35.5. The molecule has 1 heterocycles. The first kappa shape index (κ1) is 24.6. The molecule has 0 spiro atoms. The molecule has 174 valence electrons. The van der Waals surface area contributed by atoms with E-state index in [4.69, 9.17) is 32.7 Å². The lowest BCUT2D eigenvalue weighted by Gasteiger charge is -2.31. The summed E-state index contributed by atoms with van der Waals surface area (Å²) in [5.41, 5.74) is 0.557. The van der Waals surface area contributed by atoms with Crippen LogP contribution in [-0.2, 0) is 20.6 Å². The molecule has 0 aromatic heterocycles. The summed E-state index contributed by atoms with van der Waals surface area (Å²) in [6.45, 7) is 1.20. The number of nitrogens with one attached hydrogen (secondary N) is 1. The number of carbonyl (C=O) groups excluding carboxylic acids is 1. The second kappa shape index (κ2) is 11.2. The van der Waals surface area contributed by atoms with Gasteiger partial charge in [-0.05, 0) is 54.8 Å². The van der Waals surface area contributed by atoms with Crippen LogP contribution in [0.25, 0.3) is 0 Å². The van der Waals surface area contributed by atoms with Crippen molar-refractivity contribution in [3.8, 4) is 11.5 Å². The number of piperidine rings is 1. The van der Waals surface area contributed by atoms with Crippen molar-refractivity contribution < 1.29 is 22.7 Å². The summed E-state index contributed by atoms with van der Waals surface area (Å²) in [5, 5.41) is 3.52. The molecule has 1 aliphatic heterocycles. The van der Waals surface area contributed by atoms with Crippen LogP contribution in [0, 0.1) is 5.92 Å². The Hall–Kier alpha value is -2.00. The average molecular weight is 501 g/mol. The Morgan fingerprint density at radius 2 is 1.84 bits per heavy atom. The first-order valence-electron chi connectivity index (χ1n) is 10.2. The predicted octanol–water partition coefficient (Wildman–Crippen LogP) is 3.74. The molecule has 1 saturated heterocycles. The molecule has 32 heavy (non-hydrogen) atoms. The fourth-order valence-corrected chi connectivity index (χ4v) is 5.42. The monoisotopic (exact) mass is 500 g/mol. The first-order valence-corrected chi connectivity index (χ1v) is 12.6. The minimum atomic E-state index is -3.58. The summed E-state index contributed by atoms with van der Waals surface area (Å²) in [6, 6.07) is 11.9. The van der Waals surface area contributed by atoms with Gasteiger partial charge in [-0.15, -0.1) is 0 Å². The number of nitrogens with zero attached hydrogens (tertiary/aromatic N) is 1. The summed E-state index contributed by atoms with van der Waals surface area (Å²) in [6.07, 6.45) is 1.27. The number of rotatable bonds is 9. The number of sulfonamides is 1. The van der Waals surface area contributed by atoms with Crippen molar-refractivity contribution in [2.75, 3.05) is 33.4 Å². The van der Waals surface area contributed by atoms with Crippen LogP contribution in [0.5, 0.6) is 11.5 Å². The quantitative estimate of drug-likeness (QED) is 0.530. The Balaban J connectivity index is 1.48. The van der Waals surface area contributed by atoms with E-state index in [-0.39, 0.29) is 18.2 Å². The maximum atomic E-state index is 12.9. The van der Waals surface area contributed by atoms with Gasteiger partial charge in [-0.25, -0.2) is 12.7 Å².